The number of benzene rings is 1. The average Bonchev–Trinajstić information content (AvgIpc) is 2.83. The van der Waals surface area contributed by atoms with Crippen LogP contribution < -0.4 is 10.5 Å². The molecule has 2 aromatic rings. The quantitative estimate of drug-likeness (QED) is 0.474. The number of anilines is 1. The van der Waals surface area contributed by atoms with Crippen LogP contribution in [0, 0.1) is 5.41 Å². The normalized spacial score (nSPS) is 11.1. The first-order chi connectivity index (χ1) is 8.50. The molecule has 0 radical (unpaired) electrons. The smallest absolute Gasteiger partial charge is 0.278 e. The first-order valence-corrected chi connectivity index (χ1v) is 6.44. The molecule has 8 heteroatoms. The van der Waals surface area contributed by atoms with Crippen LogP contribution in [0.5, 0.6) is 0 Å². The van der Waals surface area contributed by atoms with E-state index < -0.39 is 10.0 Å². The molecule has 2 rings (SSSR count). The largest absolute Gasteiger partial charge is 0.384 e. The molecule has 1 heterocycles. The monoisotopic (exact) mass is 265 g/mol. The lowest BCUT2D eigenvalue weighted by molar-refractivity contribution is 0.597. The summed E-state index contributed by atoms with van der Waals surface area (Å²) >= 11 is 0. The van der Waals surface area contributed by atoms with Gasteiger partial charge in [0.25, 0.3) is 10.0 Å². The van der Waals surface area contributed by atoms with E-state index in [0.29, 0.717) is 5.56 Å². The van der Waals surface area contributed by atoms with E-state index >= 15 is 0 Å². The van der Waals surface area contributed by atoms with Crippen LogP contribution in [0.2, 0.25) is 0 Å². The Hall–Kier alpha value is -2.35. The van der Waals surface area contributed by atoms with Gasteiger partial charge in [0.05, 0.1) is 11.9 Å². The molecule has 0 unspecified atom stereocenters. The molecule has 94 valence electrons. The number of amidine groups is 1. The lowest BCUT2D eigenvalue weighted by Crippen LogP contribution is -2.18. The number of nitrogens with two attached hydrogens (primary N) is 1. The van der Waals surface area contributed by atoms with E-state index in [9.17, 15) is 8.42 Å². The Kier molecular flexibility index (Phi) is 3.02. The van der Waals surface area contributed by atoms with Crippen molar-refractivity contribution < 1.29 is 8.42 Å². The number of aromatic nitrogens is 2. The first kappa shape index (κ1) is 12.1. The van der Waals surface area contributed by atoms with E-state index in [1.165, 1.54) is 18.3 Å². The molecule has 18 heavy (non-hydrogen) atoms. The van der Waals surface area contributed by atoms with Crippen LogP contribution >= 0.6 is 0 Å². The van der Waals surface area contributed by atoms with Crippen LogP contribution in [0.3, 0.4) is 0 Å². The number of hydrogen-bond donors (Lipinski definition) is 4. The number of nitrogens with zero attached hydrogens (tertiary/aromatic N) is 1. The van der Waals surface area contributed by atoms with Gasteiger partial charge in [-0.1, -0.05) is 12.1 Å². The summed E-state index contributed by atoms with van der Waals surface area (Å²) in [4.78, 5) is 0. The Balaban J connectivity index is 2.39. The van der Waals surface area contributed by atoms with E-state index in [4.69, 9.17) is 11.1 Å². The molecule has 0 spiro atoms. The molecule has 1 aromatic carbocycles. The lowest BCUT2D eigenvalue weighted by atomic mass is 10.2. The highest BCUT2D eigenvalue weighted by Crippen LogP contribution is 2.18. The Morgan fingerprint density at radius 2 is 2.06 bits per heavy atom. The third kappa shape index (κ3) is 2.33. The molecular formula is C10H11N5O2S. The standard InChI is InChI=1S/C10H11N5O2S/c11-10(12)7-3-1-2-4-8(7)15-18(16,17)9-5-6-13-14-9/h1-6,15H,(H3,11,12)(H,13,14). The van der Waals surface area contributed by atoms with E-state index in [1.54, 1.807) is 18.2 Å². The highest BCUT2D eigenvalue weighted by Gasteiger charge is 2.17. The molecule has 5 N–H and O–H groups in total. The molecule has 7 nitrogen and oxygen atoms in total. The minimum Gasteiger partial charge on any atom is -0.384 e. The number of hydrogen-bond acceptors (Lipinski definition) is 4. The minimum absolute atomic E-state index is 0.0548. The molecule has 1 aromatic heterocycles. The predicted molar refractivity (Wildman–Crippen MR) is 66.9 cm³/mol. The van der Waals surface area contributed by atoms with Crippen molar-refractivity contribution in [1.82, 2.24) is 10.2 Å². The van der Waals surface area contributed by atoms with Crippen molar-refractivity contribution in [2.24, 2.45) is 5.73 Å². The Morgan fingerprint density at radius 3 is 2.67 bits per heavy atom. The molecule has 0 saturated heterocycles. The molecule has 0 aliphatic carbocycles. The van der Waals surface area contributed by atoms with Gasteiger partial charge < -0.3 is 5.73 Å². The summed E-state index contributed by atoms with van der Waals surface area (Å²) in [6.07, 6.45) is 1.34. The van der Waals surface area contributed by atoms with Crippen LogP contribution in [0.1, 0.15) is 5.56 Å². The summed E-state index contributed by atoms with van der Waals surface area (Å²) in [5.41, 5.74) is 5.95. The van der Waals surface area contributed by atoms with Gasteiger partial charge in [0.15, 0.2) is 5.03 Å². The molecule has 0 aliphatic heterocycles. The van der Waals surface area contributed by atoms with Gasteiger partial charge in [-0.05, 0) is 18.2 Å². The van der Waals surface area contributed by atoms with Gasteiger partial charge in [-0.2, -0.15) is 13.5 Å². The van der Waals surface area contributed by atoms with Crippen LogP contribution in [-0.2, 0) is 10.0 Å². The first-order valence-electron chi connectivity index (χ1n) is 4.96. The fourth-order valence-corrected chi connectivity index (χ4v) is 2.39. The van der Waals surface area contributed by atoms with E-state index in [-0.39, 0.29) is 16.5 Å². The van der Waals surface area contributed by atoms with Gasteiger partial charge in [-0.3, -0.25) is 15.2 Å². The van der Waals surface area contributed by atoms with Crippen LogP contribution in [0.4, 0.5) is 5.69 Å². The molecule has 0 saturated carbocycles. The van der Waals surface area contributed by atoms with Crippen molar-refractivity contribution in [1.29, 1.82) is 5.41 Å². The predicted octanol–water partition coefficient (Wildman–Crippen LogP) is 0.495. The van der Waals surface area contributed by atoms with E-state index in [1.807, 2.05) is 0 Å². The molecule has 0 bridgehead atoms. The van der Waals surface area contributed by atoms with Crippen molar-refractivity contribution in [3.63, 3.8) is 0 Å². The minimum atomic E-state index is -3.75. The maximum Gasteiger partial charge on any atom is 0.278 e. The van der Waals surface area contributed by atoms with Crippen LogP contribution in [0.15, 0.2) is 41.6 Å². The van der Waals surface area contributed by atoms with Crippen molar-refractivity contribution in [2.45, 2.75) is 5.03 Å². The van der Waals surface area contributed by atoms with E-state index in [2.05, 4.69) is 14.9 Å². The molecule has 0 fully saturated rings. The zero-order valence-electron chi connectivity index (χ0n) is 9.21. The summed E-state index contributed by atoms with van der Waals surface area (Å²) in [5.74, 6) is -0.210. The number of nitrogen functional groups attached to an aromatic ring is 1. The van der Waals surface area contributed by atoms with Crippen molar-refractivity contribution in [2.75, 3.05) is 4.72 Å². The van der Waals surface area contributed by atoms with Gasteiger partial charge in [-0.15, -0.1) is 0 Å². The SMILES string of the molecule is N=C(N)c1ccccc1NS(=O)(=O)c1ccn[nH]1. The van der Waals surface area contributed by atoms with Gasteiger partial charge >= 0.3 is 0 Å². The van der Waals surface area contributed by atoms with Gasteiger partial charge in [0, 0.05) is 5.56 Å². The molecule has 0 atom stereocenters. The van der Waals surface area contributed by atoms with Crippen molar-refractivity contribution in [3.8, 4) is 0 Å². The van der Waals surface area contributed by atoms with Crippen LogP contribution in [0.25, 0.3) is 0 Å². The summed E-state index contributed by atoms with van der Waals surface area (Å²) in [6.45, 7) is 0. The number of H-pyrrole nitrogens is 1. The summed E-state index contributed by atoms with van der Waals surface area (Å²) < 4.78 is 26.2. The average molecular weight is 265 g/mol. The zero-order valence-corrected chi connectivity index (χ0v) is 10.0. The Labute approximate surface area is 104 Å². The number of para-hydroxylation sites is 1. The summed E-state index contributed by atoms with van der Waals surface area (Å²) in [6, 6.07) is 7.75. The maximum atomic E-state index is 11.9. The fourth-order valence-electron chi connectivity index (χ4n) is 1.40. The van der Waals surface area contributed by atoms with Gasteiger partial charge in [0.2, 0.25) is 0 Å². The zero-order chi connectivity index (χ0) is 13.2. The lowest BCUT2D eigenvalue weighted by Gasteiger charge is -2.10. The number of nitrogens with one attached hydrogen (secondary N) is 3. The summed E-state index contributed by atoms with van der Waals surface area (Å²) in [7, 11) is -3.75. The Morgan fingerprint density at radius 1 is 1.33 bits per heavy atom. The second-order valence-corrected chi connectivity index (χ2v) is 5.14. The number of rotatable bonds is 4. The second-order valence-electron chi connectivity index (χ2n) is 3.49. The number of aromatic amines is 1. The molecule has 0 aliphatic rings. The van der Waals surface area contributed by atoms with Crippen molar-refractivity contribution in [3.05, 3.63) is 42.1 Å². The maximum absolute atomic E-state index is 11.9. The number of sulfonamides is 1. The third-order valence-electron chi connectivity index (χ3n) is 2.23. The molecular weight excluding hydrogens is 254 g/mol. The topological polar surface area (TPSA) is 125 Å². The molecule has 0 amide bonds. The Bertz CT molecular complexity index is 663. The van der Waals surface area contributed by atoms with Crippen LogP contribution in [-0.4, -0.2) is 24.5 Å². The highest BCUT2D eigenvalue weighted by molar-refractivity contribution is 7.92. The van der Waals surface area contributed by atoms with E-state index in [0.717, 1.165) is 0 Å². The highest BCUT2D eigenvalue weighted by atomic mass is 32.2. The van der Waals surface area contributed by atoms with Gasteiger partial charge in [0.1, 0.15) is 5.84 Å². The summed E-state index contributed by atoms with van der Waals surface area (Å²) in [5, 5.41) is 13.3. The third-order valence-corrected chi connectivity index (χ3v) is 3.52. The fraction of sp³-hybridized carbons (Fsp3) is 0. The van der Waals surface area contributed by atoms with Gasteiger partial charge in [-0.25, -0.2) is 0 Å². The van der Waals surface area contributed by atoms with Crippen molar-refractivity contribution >= 4 is 21.5 Å². The second kappa shape index (κ2) is 4.49.